The SMILES string of the molecule is C#Cc1cc(CNC(=O)/C=C\c2ccc(C(F)(F)F)nc2N(C)c2ccccc2)cc(F)c1NS(C)(=O)=O. The molecule has 0 aliphatic heterocycles. The van der Waals surface area contributed by atoms with Crippen molar-refractivity contribution < 1.29 is 30.8 Å². The standard InChI is InChI=1S/C26H22F4N4O3S/c1-4-18-14-17(15-21(27)24(18)33-38(3,36)37)16-31-23(35)13-11-19-10-12-22(26(28,29)30)32-25(19)34(2)20-8-6-5-7-9-20/h1,5-15,33H,16H2,2-3H3,(H,31,35)/b13-11-. The van der Waals surface area contributed by atoms with Crippen molar-refractivity contribution >= 4 is 39.2 Å². The summed E-state index contributed by atoms with van der Waals surface area (Å²) in [7, 11) is -2.23. The van der Waals surface area contributed by atoms with E-state index in [1.807, 2.05) is 4.72 Å². The van der Waals surface area contributed by atoms with Gasteiger partial charge in [0.1, 0.15) is 17.3 Å². The van der Waals surface area contributed by atoms with E-state index in [2.05, 4.69) is 16.2 Å². The van der Waals surface area contributed by atoms with Crippen molar-refractivity contribution in [3.8, 4) is 12.3 Å². The Morgan fingerprint density at radius 3 is 2.45 bits per heavy atom. The lowest BCUT2D eigenvalue weighted by Gasteiger charge is -2.21. The van der Waals surface area contributed by atoms with E-state index >= 15 is 0 Å². The van der Waals surface area contributed by atoms with Gasteiger partial charge < -0.3 is 10.2 Å². The van der Waals surface area contributed by atoms with Crippen LogP contribution in [0, 0.1) is 18.2 Å². The quantitative estimate of drug-likeness (QED) is 0.243. The number of para-hydroxylation sites is 1. The highest BCUT2D eigenvalue weighted by molar-refractivity contribution is 7.92. The lowest BCUT2D eigenvalue weighted by molar-refractivity contribution is -0.141. The summed E-state index contributed by atoms with van der Waals surface area (Å²) in [6.45, 7) is -0.157. The molecule has 0 unspecified atom stereocenters. The van der Waals surface area contributed by atoms with Crippen molar-refractivity contribution in [2.24, 2.45) is 0 Å². The van der Waals surface area contributed by atoms with Crippen molar-refractivity contribution in [3.63, 3.8) is 0 Å². The average Bonchev–Trinajstić information content (AvgIpc) is 2.86. The number of hydrogen-bond acceptors (Lipinski definition) is 5. The molecule has 0 radical (unpaired) electrons. The number of nitrogens with zero attached hydrogens (tertiary/aromatic N) is 2. The number of rotatable bonds is 8. The molecular weight excluding hydrogens is 524 g/mol. The molecule has 1 aromatic heterocycles. The Morgan fingerprint density at radius 1 is 1.16 bits per heavy atom. The topological polar surface area (TPSA) is 91.4 Å². The van der Waals surface area contributed by atoms with Crippen molar-refractivity contribution in [1.29, 1.82) is 0 Å². The summed E-state index contributed by atoms with van der Waals surface area (Å²) in [6, 6.07) is 13.0. The monoisotopic (exact) mass is 546 g/mol. The van der Waals surface area contributed by atoms with Gasteiger partial charge in [0.05, 0.1) is 17.5 Å². The molecule has 3 aromatic rings. The van der Waals surface area contributed by atoms with Gasteiger partial charge in [0.15, 0.2) is 0 Å². The van der Waals surface area contributed by atoms with Crippen molar-refractivity contribution in [2.45, 2.75) is 12.7 Å². The first-order valence-corrected chi connectivity index (χ1v) is 12.8. The summed E-state index contributed by atoms with van der Waals surface area (Å²) in [4.78, 5) is 17.6. The van der Waals surface area contributed by atoms with Gasteiger partial charge in [-0.15, -0.1) is 6.42 Å². The summed E-state index contributed by atoms with van der Waals surface area (Å²) in [5.74, 6) is 0.623. The Kier molecular flexibility index (Phi) is 8.42. The maximum Gasteiger partial charge on any atom is 0.433 e. The first-order chi connectivity index (χ1) is 17.8. The molecule has 12 heteroatoms. The molecule has 0 atom stereocenters. The predicted molar refractivity (Wildman–Crippen MR) is 137 cm³/mol. The van der Waals surface area contributed by atoms with Crippen LogP contribution in [0.1, 0.15) is 22.4 Å². The van der Waals surface area contributed by atoms with Gasteiger partial charge in [-0.1, -0.05) is 24.1 Å². The number of alkyl halides is 3. The van der Waals surface area contributed by atoms with E-state index in [1.54, 1.807) is 37.4 Å². The number of benzene rings is 2. The number of nitrogens with one attached hydrogen (secondary N) is 2. The van der Waals surface area contributed by atoms with Crippen LogP contribution in [0.2, 0.25) is 0 Å². The fourth-order valence-electron chi connectivity index (χ4n) is 3.37. The fourth-order valence-corrected chi connectivity index (χ4v) is 3.95. The Morgan fingerprint density at radius 2 is 1.84 bits per heavy atom. The Labute approximate surface area is 217 Å². The minimum Gasteiger partial charge on any atom is -0.348 e. The zero-order valence-corrected chi connectivity index (χ0v) is 21.0. The van der Waals surface area contributed by atoms with Crippen LogP contribution in [-0.2, 0) is 27.5 Å². The normalized spacial score (nSPS) is 11.7. The van der Waals surface area contributed by atoms with E-state index < -0.39 is 33.6 Å². The number of anilines is 3. The van der Waals surface area contributed by atoms with Crippen molar-refractivity contribution in [1.82, 2.24) is 10.3 Å². The lowest BCUT2D eigenvalue weighted by atomic mass is 10.1. The largest absolute Gasteiger partial charge is 0.433 e. The number of halogens is 4. The van der Waals surface area contributed by atoms with E-state index in [0.717, 1.165) is 24.5 Å². The van der Waals surface area contributed by atoms with Crippen LogP contribution < -0.4 is 14.9 Å². The molecule has 2 N–H and O–H groups in total. The molecular formula is C26H22F4N4O3S. The Bertz CT molecular complexity index is 1520. The van der Waals surface area contributed by atoms with Gasteiger partial charge in [-0.25, -0.2) is 17.8 Å². The second kappa shape index (κ2) is 11.4. The van der Waals surface area contributed by atoms with Crippen LogP contribution in [0.3, 0.4) is 0 Å². The van der Waals surface area contributed by atoms with Gasteiger partial charge in [-0.05, 0) is 48.0 Å². The summed E-state index contributed by atoms with van der Waals surface area (Å²) < 4.78 is 79.3. The van der Waals surface area contributed by atoms with Crippen LogP contribution in [0.5, 0.6) is 0 Å². The van der Waals surface area contributed by atoms with E-state index in [1.165, 1.54) is 23.1 Å². The molecule has 0 saturated carbocycles. The fraction of sp³-hybridized carbons (Fsp3) is 0.154. The van der Waals surface area contributed by atoms with E-state index in [-0.39, 0.29) is 34.7 Å². The number of carbonyl (C=O) groups is 1. The number of sulfonamides is 1. The lowest BCUT2D eigenvalue weighted by Crippen LogP contribution is -2.21. The number of terminal acetylenes is 1. The van der Waals surface area contributed by atoms with E-state index in [4.69, 9.17) is 6.42 Å². The van der Waals surface area contributed by atoms with Crippen LogP contribution in [0.25, 0.3) is 6.08 Å². The zero-order chi connectivity index (χ0) is 28.1. The number of aromatic nitrogens is 1. The van der Waals surface area contributed by atoms with Gasteiger partial charge in [-0.2, -0.15) is 13.2 Å². The molecule has 38 heavy (non-hydrogen) atoms. The molecule has 198 valence electrons. The number of carbonyl (C=O) groups excluding carboxylic acids is 1. The third-order valence-electron chi connectivity index (χ3n) is 5.13. The van der Waals surface area contributed by atoms with Gasteiger partial charge in [0, 0.05) is 30.9 Å². The van der Waals surface area contributed by atoms with E-state index in [9.17, 15) is 30.8 Å². The average molecular weight is 547 g/mol. The zero-order valence-electron chi connectivity index (χ0n) is 20.2. The van der Waals surface area contributed by atoms with Gasteiger partial charge in [-0.3, -0.25) is 9.52 Å². The van der Waals surface area contributed by atoms with Crippen LogP contribution in [-0.4, -0.2) is 32.6 Å². The summed E-state index contributed by atoms with van der Waals surface area (Å²) in [5, 5.41) is 2.52. The van der Waals surface area contributed by atoms with Crippen LogP contribution >= 0.6 is 0 Å². The minimum absolute atomic E-state index is 0.0234. The summed E-state index contributed by atoms with van der Waals surface area (Å²) in [6.07, 6.45) is 3.96. The van der Waals surface area contributed by atoms with Crippen LogP contribution in [0.4, 0.5) is 34.8 Å². The number of hydrogen-bond donors (Lipinski definition) is 2. The second-order valence-electron chi connectivity index (χ2n) is 8.07. The Balaban J connectivity index is 1.81. The van der Waals surface area contributed by atoms with Crippen LogP contribution in [0.15, 0.2) is 60.7 Å². The highest BCUT2D eigenvalue weighted by Gasteiger charge is 2.33. The summed E-state index contributed by atoms with van der Waals surface area (Å²) >= 11 is 0. The maximum atomic E-state index is 14.5. The highest BCUT2D eigenvalue weighted by Crippen LogP contribution is 2.33. The molecule has 0 saturated heterocycles. The van der Waals surface area contributed by atoms with Gasteiger partial charge in [0.25, 0.3) is 0 Å². The summed E-state index contributed by atoms with van der Waals surface area (Å²) in [5.41, 5.74) is -0.432. The molecule has 3 rings (SSSR count). The molecule has 0 bridgehead atoms. The van der Waals surface area contributed by atoms with E-state index in [0.29, 0.717) is 5.69 Å². The van der Waals surface area contributed by atoms with Gasteiger partial charge >= 0.3 is 6.18 Å². The molecule has 0 aliphatic carbocycles. The number of amides is 1. The first kappa shape index (κ1) is 28.2. The molecule has 0 spiro atoms. The second-order valence-corrected chi connectivity index (χ2v) is 9.82. The smallest absolute Gasteiger partial charge is 0.348 e. The molecule has 0 fully saturated rings. The molecule has 2 aromatic carbocycles. The molecule has 0 aliphatic rings. The predicted octanol–water partition coefficient (Wildman–Crippen LogP) is 4.69. The minimum atomic E-state index is -4.66. The highest BCUT2D eigenvalue weighted by atomic mass is 32.2. The maximum absolute atomic E-state index is 14.5. The molecule has 7 nitrogen and oxygen atoms in total. The number of pyridine rings is 1. The van der Waals surface area contributed by atoms with Crippen molar-refractivity contribution in [3.05, 3.63) is 88.9 Å². The van der Waals surface area contributed by atoms with Gasteiger partial charge in [0.2, 0.25) is 15.9 Å². The third kappa shape index (κ3) is 7.33. The Hall–Kier alpha value is -4.37. The molecule has 1 amide bonds. The van der Waals surface area contributed by atoms with Crippen molar-refractivity contribution in [2.75, 3.05) is 22.9 Å². The third-order valence-corrected chi connectivity index (χ3v) is 5.71. The molecule has 1 heterocycles. The first-order valence-electron chi connectivity index (χ1n) is 10.9.